The molecule has 2 aliphatic rings. The van der Waals surface area contributed by atoms with Gasteiger partial charge in [0.1, 0.15) is 0 Å². The van der Waals surface area contributed by atoms with E-state index < -0.39 is 0 Å². The maximum Gasteiger partial charge on any atom is 0.0613 e. The van der Waals surface area contributed by atoms with Gasteiger partial charge in [-0.15, -0.1) is 0 Å². The van der Waals surface area contributed by atoms with Crippen molar-refractivity contribution in [1.82, 2.24) is 10.2 Å². The predicted octanol–water partition coefficient (Wildman–Crippen LogP) is 2.39. The Morgan fingerprint density at radius 2 is 2.05 bits per heavy atom. The Morgan fingerprint density at radius 3 is 2.74 bits per heavy atom. The van der Waals surface area contributed by atoms with E-state index in [0.29, 0.717) is 12.6 Å². The van der Waals surface area contributed by atoms with E-state index >= 15 is 0 Å². The largest absolute Gasteiger partial charge is 0.394 e. The molecule has 3 atom stereocenters. The third-order valence-corrected chi connectivity index (χ3v) is 5.41. The fourth-order valence-corrected chi connectivity index (χ4v) is 4.11. The molecular formula is C16H32N2O. The van der Waals surface area contributed by atoms with Crippen molar-refractivity contribution in [2.24, 2.45) is 5.92 Å². The summed E-state index contributed by atoms with van der Waals surface area (Å²) >= 11 is 0. The number of nitrogens with zero attached hydrogens (tertiary/aromatic N) is 1. The summed E-state index contributed by atoms with van der Waals surface area (Å²) in [6, 6.07) is 0.696. The van der Waals surface area contributed by atoms with Crippen molar-refractivity contribution in [1.29, 1.82) is 0 Å². The molecule has 1 aliphatic heterocycles. The Hall–Kier alpha value is -0.120. The molecule has 0 aromatic rings. The van der Waals surface area contributed by atoms with Crippen LogP contribution in [0.2, 0.25) is 0 Å². The molecular weight excluding hydrogens is 236 g/mol. The Bertz CT molecular complexity index is 271. The number of rotatable bonds is 5. The average Bonchev–Trinajstić information content (AvgIpc) is 2.71. The van der Waals surface area contributed by atoms with Gasteiger partial charge in [-0.25, -0.2) is 0 Å². The third-order valence-electron chi connectivity index (χ3n) is 5.41. The molecule has 3 unspecified atom stereocenters. The molecule has 2 rings (SSSR count). The van der Waals surface area contributed by atoms with Crippen LogP contribution in [-0.2, 0) is 0 Å². The number of hydrogen-bond acceptors (Lipinski definition) is 3. The number of nitrogens with one attached hydrogen (secondary N) is 1. The highest BCUT2D eigenvalue weighted by Crippen LogP contribution is 2.34. The zero-order valence-electron chi connectivity index (χ0n) is 12.8. The third kappa shape index (κ3) is 3.71. The van der Waals surface area contributed by atoms with Crippen molar-refractivity contribution in [3.8, 4) is 0 Å². The lowest BCUT2D eigenvalue weighted by Crippen LogP contribution is -2.48. The molecule has 0 aromatic heterocycles. The van der Waals surface area contributed by atoms with Crippen LogP contribution >= 0.6 is 0 Å². The van der Waals surface area contributed by atoms with Gasteiger partial charge in [0.2, 0.25) is 0 Å². The highest BCUT2D eigenvalue weighted by molar-refractivity contribution is 4.99. The molecule has 1 aliphatic carbocycles. The number of likely N-dealkylation sites (tertiary alicyclic amines) is 1. The van der Waals surface area contributed by atoms with Crippen molar-refractivity contribution in [2.45, 2.75) is 70.4 Å². The Morgan fingerprint density at radius 1 is 1.21 bits per heavy atom. The minimum absolute atomic E-state index is 0.00980. The Balaban J connectivity index is 1.89. The van der Waals surface area contributed by atoms with Gasteiger partial charge in [-0.1, -0.05) is 20.3 Å². The van der Waals surface area contributed by atoms with Crippen LogP contribution in [0.4, 0.5) is 0 Å². The van der Waals surface area contributed by atoms with Gasteiger partial charge in [-0.05, 0) is 64.1 Å². The number of aliphatic hydroxyl groups excluding tert-OH is 1. The lowest BCUT2D eigenvalue weighted by atomic mass is 9.98. The summed E-state index contributed by atoms with van der Waals surface area (Å²) in [5, 5.41) is 13.3. The zero-order valence-corrected chi connectivity index (χ0v) is 12.8. The van der Waals surface area contributed by atoms with E-state index in [9.17, 15) is 5.11 Å². The molecule has 0 amide bonds. The van der Waals surface area contributed by atoms with Crippen molar-refractivity contribution in [3.05, 3.63) is 0 Å². The molecule has 19 heavy (non-hydrogen) atoms. The van der Waals surface area contributed by atoms with E-state index in [1.807, 2.05) is 0 Å². The summed E-state index contributed by atoms with van der Waals surface area (Å²) in [6.45, 7) is 8.28. The maximum absolute atomic E-state index is 9.72. The first kappa shape index (κ1) is 15.3. The molecule has 1 saturated carbocycles. The van der Waals surface area contributed by atoms with E-state index in [2.05, 4.69) is 24.1 Å². The summed E-state index contributed by atoms with van der Waals surface area (Å²) in [5.74, 6) is 0.947. The highest BCUT2D eigenvalue weighted by Gasteiger charge is 2.40. The second-order valence-electron chi connectivity index (χ2n) is 6.61. The topological polar surface area (TPSA) is 35.5 Å². The number of hydrogen-bond donors (Lipinski definition) is 2. The van der Waals surface area contributed by atoms with E-state index in [-0.39, 0.29) is 5.54 Å². The number of aliphatic hydroxyl groups is 1. The molecule has 0 radical (unpaired) electrons. The van der Waals surface area contributed by atoms with Gasteiger partial charge in [0.15, 0.2) is 0 Å². The van der Waals surface area contributed by atoms with Crippen LogP contribution < -0.4 is 5.32 Å². The predicted molar refractivity (Wildman–Crippen MR) is 80.3 cm³/mol. The molecule has 0 aromatic carbocycles. The molecule has 3 nitrogen and oxygen atoms in total. The molecule has 2 fully saturated rings. The number of likely N-dealkylation sites (N-methyl/N-ethyl adjacent to an activating group) is 1. The van der Waals surface area contributed by atoms with Gasteiger partial charge in [-0.2, -0.15) is 0 Å². The molecule has 1 saturated heterocycles. The summed E-state index contributed by atoms with van der Waals surface area (Å²) in [6.07, 6.45) is 9.02. The molecule has 2 N–H and O–H groups in total. The van der Waals surface area contributed by atoms with Crippen LogP contribution in [0.3, 0.4) is 0 Å². The standard InChI is InChI=1S/C16H32N2O/c1-3-14-6-5-10-18(11-8-14)15-7-9-16(12-15,13-19)17-4-2/h14-15,17,19H,3-13H2,1-2H3. The van der Waals surface area contributed by atoms with Crippen molar-refractivity contribution < 1.29 is 5.11 Å². The van der Waals surface area contributed by atoms with Crippen LogP contribution in [0.15, 0.2) is 0 Å². The fourth-order valence-electron chi connectivity index (χ4n) is 4.11. The first-order chi connectivity index (χ1) is 9.23. The average molecular weight is 268 g/mol. The maximum atomic E-state index is 9.72. The van der Waals surface area contributed by atoms with Gasteiger partial charge < -0.3 is 15.3 Å². The minimum Gasteiger partial charge on any atom is -0.394 e. The summed E-state index contributed by atoms with van der Waals surface area (Å²) in [4.78, 5) is 2.71. The molecule has 3 heteroatoms. The second-order valence-corrected chi connectivity index (χ2v) is 6.61. The first-order valence-corrected chi connectivity index (χ1v) is 8.33. The highest BCUT2D eigenvalue weighted by atomic mass is 16.3. The van der Waals surface area contributed by atoms with Crippen LogP contribution in [-0.4, -0.2) is 47.8 Å². The van der Waals surface area contributed by atoms with Crippen molar-refractivity contribution >= 4 is 0 Å². The Labute approximate surface area is 118 Å². The lowest BCUT2D eigenvalue weighted by Gasteiger charge is -2.31. The lowest BCUT2D eigenvalue weighted by molar-refractivity contribution is 0.144. The quantitative estimate of drug-likeness (QED) is 0.803. The van der Waals surface area contributed by atoms with Crippen LogP contribution in [0, 0.1) is 5.92 Å². The van der Waals surface area contributed by atoms with Gasteiger partial charge in [0.05, 0.1) is 6.61 Å². The van der Waals surface area contributed by atoms with Crippen molar-refractivity contribution in [2.75, 3.05) is 26.2 Å². The van der Waals surface area contributed by atoms with Gasteiger partial charge in [0.25, 0.3) is 0 Å². The van der Waals surface area contributed by atoms with Gasteiger partial charge in [0, 0.05) is 11.6 Å². The first-order valence-electron chi connectivity index (χ1n) is 8.33. The molecule has 1 heterocycles. The fraction of sp³-hybridized carbons (Fsp3) is 1.00. The van der Waals surface area contributed by atoms with Crippen molar-refractivity contribution in [3.63, 3.8) is 0 Å². The summed E-state index contributed by atoms with van der Waals surface area (Å²) < 4.78 is 0. The monoisotopic (exact) mass is 268 g/mol. The SMILES string of the molecule is CCNC1(CO)CCC(N2CCCC(CC)CC2)C1. The Kier molecular flexibility index (Phi) is 5.67. The van der Waals surface area contributed by atoms with Crippen LogP contribution in [0.5, 0.6) is 0 Å². The van der Waals surface area contributed by atoms with E-state index in [4.69, 9.17) is 0 Å². The van der Waals surface area contributed by atoms with Gasteiger partial charge >= 0.3 is 0 Å². The van der Waals surface area contributed by atoms with E-state index in [1.54, 1.807) is 0 Å². The van der Waals surface area contributed by atoms with E-state index in [0.717, 1.165) is 25.3 Å². The summed E-state index contributed by atoms with van der Waals surface area (Å²) in [5.41, 5.74) is 0.00980. The molecule has 0 spiro atoms. The summed E-state index contributed by atoms with van der Waals surface area (Å²) in [7, 11) is 0. The van der Waals surface area contributed by atoms with Gasteiger partial charge in [-0.3, -0.25) is 0 Å². The normalized spacial score (nSPS) is 37.4. The van der Waals surface area contributed by atoms with Crippen LogP contribution in [0.1, 0.15) is 58.8 Å². The second kappa shape index (κ2) is 7.05. The van der Waals surface area contributed by atoms with E-state index in [1.165, 1.54) is 45.2 Å². The van der Waals surface area contributed by atoms with Crippen LogP contribution in [0.25, 0.3) is 0 Å². The molecule has 112 valence electrons. The molecule has 0 bridgehead atoms. The smallest absolute Gasteiger partial charge is 0.0613 e. The minimum atomic E-state index is 0.00980. The zero-order chi connectivity index (χ0) is 13.7.